The maximum absolute atomic E-state index is 12.5. The van der Waals surface area contributed by atoms with Gasteiger partial charge in [0.25, 0.3) is 0 Å². The standard InChI is InChI=1S/C19H38N2O2/c1-7-8-11-15(2)20-16(3)14-17-12-9-10-13-21(17)18(22)23-19(4,5)6/h15-17,20H,7-14H2,1-6H3. The number of carbonyl (C=O) groups is 1. The van der Waals surface area contributed by atoms with Crippen molar-refractivity contribution < 1.29 is 9.53 Å². The Labute approximate surface area is 143 Å². The van der Waals surface area contributed by atoms with Gasteiger partial charge in [-0.1, -0.05) is 19.8 Å². The van der Waals surface area contributed by atoms with Crippen molar-refractivity contribution in [1.82, 2.24) is 10.2 Å². The van der Waals surface area contributed by atoms with E-state index in [1.807, 2.05) is 25.7 Å². The Morgan fingerprint density at radius 3 is 2.57 bits per heavy atom. The van der Waals surface area contributed by atoms with Crippen LogP contribution in [0.25, 0.3) is 0 Å². The molecule has 1 aliphatic heterocycles. The smallest absolute Gasteiger partial charge is 0.410 e. The van der Waals surface area contributed by atoms with Gasteiger partial charge in [0.05, 0.1) is 0 Å². The first-order valence-electron chi connectivity index (χ1n) is 9.48. The van der Waals surface area contributed by atoms with Gasteiger partial charge in [-0.15, -0.1) is 0 Å². The van der Waals surface area contributed by atoms with E-state index in [1.54, 1.807) is 0 Å². The molecular formula is C19H38N2O2. The molecule has 136 valence electrons. The fraction of sp³-hybridized carbons (Fsp3) is 0.947. The summed E-state index contributed by atoms with van der Waals surface area (Å²) in [6, 6.07) is 1.28. The van der Waals surface area contributed by atoms with E-state index in [0.717, 1.165) is 25.8 Å². The van der Waals surface area contributed by atoms with Gasteiger partial charge in [-0.3, -0.25) is 0 Å². The molecule has 1 fully saturated rings. The van der Waals surface area contributed by atoms with Crippen molar-refractivity contribution >= 4 is 6.09 Å². The fourth-order valence-corrected chi connectivity index (χ4v) is 3.36. The van der Waals surface area contributed by atoms with Gasteiger partial charge in [-0.25, -0.2) is 4.79 Å². The van der Waals surface area contributed by atoms with Gasteiger partial charge in [0.2, 0.25) is 0 Å². The fourth-order valence-electron chi connectivity index (χ4n) is 3.36. The van der Waals surface area contributed by atoms with E-state index in [9.17, 15) is 4.79 Å². The molecule has 1 heterocycles. The first-order valence-corrected chi connectivity index (χ1v) is 9.48. The molecule has 1 aliphatic rings. The number of unbranched alkanes of at least 4 members (excludes halogenated alkanes) is 1. The minimum atomic E-state index is -0.419. The molecule has 0 radical (unpaired) electrons. The highest BCUT2D eigenvalue weighted by molar-refractivity contribution is 5.68. The minimum Gasteiger partial charge on any atom is -0.444 e. The summed E-state index contributed by atoms with van der Waals surface area (Å²) < 4.78 is 5.59. The second-order valence-corrected chi connectivity index (χ2v) is 8.17. The second kappa shape index (κ2) is 9.51. The van der Waals surface area contributed by atoms with Crippen molar-refractivity contribution in [1.29, 1.82) is 0 Å². The van der Waals surface area contributed by atoms with Crippen LogP contribution in [0.2, 0.25) is 0 Å². The molecule has 1 amide bonds. The third kappa shape index (κ3) is 8.05. The van der Waals surface area contributed by atoms with E-state index in [4.69, 9.17) is 4.74 Å². The molecular weight excluding hydrogens is 288 g/mol. The minimum absolute atomic E-state index is 0.145. The van der Waals surface area contributed by atoms with Crippen LogP contribution in [0.4, 0.5) is 4.79 Å². The number of amides is 1. The predicted octanol–water partition coefficient (Wildman–Crippen LogP) is 4.72. The number of nitrogens with zero attached hydrogens (tertiary/aromatic N) is 1. The molecule has 23 heavy (non-hydrogen) atoms. The average Bonchev–Trinajstić information content (AvgIpc) is 2.43. The number of nitrogens with one attached hydrogen (secondary N) is 1. The molecule has 3 atom stereocenters. The Morgan fingerprint density at radius 2 is 1.96 bits per heavy atom. The lowest BCUT2D eigenvalue weighted by Gasteiger charge is -2.38. The third-order valence-electron chi connectivity index (χ3n) is 4.44. The van der Waals surface area contributed by atoms with Gasteiger partial charge in [0, 0.05) is 24.7 Å². The van der Waals surface area contributed by atoms with Crippen LogP contribution in [0.1, 0.15) is 86.5 Å². The van der Waals surface area contributed by atoms with Gasteiger partial charge in [-0.2, -0.15) is 0 Å². The SMILES string of the molecule is CCCCC(C)NC(C)CC1CCCCN1C(=O)OC(C)(C)C. The number of ether oxygens (including phenoxy) is 1. The second-order valence-electron chi connectivity index (χ2n) is 8.17. The van der Waals surface area contributed by atoms with Crippen LogP contribution in [0.5, 0.6) is 0 Å². The van der Waals surface area contributed by atoms with E-state index < -0.39 is 5.60 Å². The van der Waals surface area contributed by atoms with Crippen LogP contribution in [-0.4, -0.2) is 41.3 Å². The van der Waals surface area contributed by atoms with Crippen molar-refractivity contribution in [2.75, 3.05) is 6.54 Å². The monoisotopic (exact) mass is 326 g/mol. The molecule has 0 aromatic heterocycles. The normalized spacial score (nSPS) is 21.8. The average molecular weight is 327 g/mol. The van der Waals surface area contributed by atoms with Crippen molar-refractivity contribution in [2.24, 2.45) is 0 Å². The first kappa shape index (κ1) is 20.3. The highest BCUT2D eigenvalue weighted by Crippen LogP contribution is 2.23. The van der Waals surface area contributed by atoms with Crippen molar-refractivity contribution in [3.8, 4) is 0 Å². The lowest BCUT2D eigenvalue weighted by Crippen LogP contribution is -2.49. The predicted molar refractivity (Wildman–Crippen MR) is 96.8 cm³/mol. The molecule has 0 spiro atoms. The summed E-state index contributed by atoms with van der Waals surface area (Å²) in [5, 5.41) is 3.69. The van der Waals surface area contributed by atoms with E-state index >= 15 is 0 Å². The Morgan fingerprint density at radius 1 is 1.26 bits per heavy atom. The summed E-state index contributed by atoms with van der Waals surface area (Å²) in [6.45, 7) is 13.4. The lowest BCUT2D eigenvalue weighted by atomic mass is 9.96. The van der Waals surface area contributed by atoms with Crippen LogP contribution in [-0.2, 0) is 4.74 Å². The zero-order valence-electron chi connectivity index (χ0n) is 16.2. The largest absolute Gasteiger partial charge is 0.444 e. The quantitative estimate of drug-likeness (QED) is 0.736. The summed E-state index contributed by atoms with van der Waals surface area (Å²) in [5.74, 6) is 0. The first-order chi connectivity index (χ1) is 10.7. The molecule has 0 saturated carbocycles. The topological polar surface area (TPSA) is 41.6 Å². The van der Waals surface area contributed by atoms with Crippen molar-refractivity contribution in [3.05, 3.63) is 0 Å². The number of carbonyl (C=O) groups excluding carboxylic acids is 1. The number of rotatable bonds is 7. The zero-order valence-corrected chi connectivity index (χ0v) is 16.2. The van der Waals surface area contributed by atoms with Gasteiger partial charge in [0.1, 0.15) is 5.60 Å². The van der Waals surface area contributed by atoms with E-state index in [-0.39, 0.29) is 6.09 Å². The van der Waals surface area contributed by atoms with Crippen LogP contribution < -0.4 is 5.32 Å². The van der Waals surface area contributed by atoms with Gasteiger partial charge in [-0.05, 0) is 66.7 Å². The summed E-state index contributed by atoms with van der Waals surface area (Å²) in [6.07, 6.45) is 8.00. The summed E-state index contributed by atoms with van der Waals surface area (Å²) in [4.78, 5) is 14.4. The Kier molecular flexibility index (Phi) is 8.38. The summed E-state index contributed by atoms with van der Waals surface area (Å²) in [5.41, 5.74) is -0.419. The molecule has 4 nitrogen and oxygen atoms in total. The Balaban J connectivity index is 2.52. The van der Waals surface area contributed by atoms with Crippen LogP contribution in [0.3, 0.4) is 0 Å². The van der Waals surface area contributed by atoms with Crippen molar-refractivity contribution in [2.45, 2.75) is 110 Å². The highest BCUT2D eigenvalue weighted by Gasteiger charge is 2.31. The number of hydrogen-bond acceptors (Lipinski definition) is 3. The van der Waals surface area contributed by atoms with Crippen LogP contribution in [0, 0.1) is 0 Å². The molecule has 1 N–H and O–H groups in total. The zero-order chi connectivity index (χ0) is 17.5. The van der Waals surface area contributed by atoms with Gasteiger partial charge < -0.3 is 15.0 Å². The number of piperidine rings is 1. The maximum Gasteiger partial charge on any atom is 0.410 e. The Bertz CT molecular complexity index is 352. The third-order valence-corrected chi connectivity index (χ3v) is 4.44. The van der Waals surface area contributed by atoms with Crippen LogP contribution >= 0.6 is 0 Å². The molecule has 1 rings (SSSR count). The molecule has 0 aromatic rings. The van der Waals surface area contributed by atoms with E-state index in [2.05, 4.69) is 26.1 Å². The molecule has 4 heteroatoms. The molecule has 0 bridgehead atoms. The molecule has 1 saturated heterocycles. The molecule has 0 aromatic carbocycles. The maximum atomic E-state index is 12.5. The lowest BCUT2D eigenvalue weighted by molar-refractivity contribution is 0.00780. The number of hydrogen-bond donors (Lipinski definition) is 1. The number of likely N-dealkylation sites (tertiary alicyclic amines) is 1. The van der Waals surface area contributed by atoms with E-state index in [0.29, 0.717) is 18.1 Å². The van der Waals surface area contributed by atoms with Crippen molar-refractivity contribution in [3.63, 3.8) is 0 Å². The van der Waals surface area contributed by atoms with Gasteiger partial charge >= 0.3 is 6.09 Å². The molecule has 3 unspecified atom stereocenters. The Hall–Kier alpha value is -0.770. The van der Waals surface area contributed by atoms with E-state index in [1.165, 1.54) is 25.7 Å². The molecule has 0 aliphatic carbocycles. The van der Waals surface area contributed by atoms with Gasteiger partial charge in [0.15, 0.2) is 0 Å². The summed E-state index contributed by atoms with van der Waals surface area (Å²) >= 11 is 0. The summed E-state index contributed by atoms with van der Waals surface area (Å²) in [7, 11) is 0. The van der Waals surface area contributed by atoms with Crippen LogP contribution in [0.15, 0.2) is 0 Å². The highest BCUT2D eigenvalue weighted by atomic mass is 16.6.